The van der Waals surface area contributed by atoms with Gasteiger partial charge in [0, 0.05) is 22.6 Å². The van der Waals surface area contributed by atoms with Crippen LogP contribution in [0.1, 0.15) is 24.1 Å². The summed E-state index contributed by atoms with van der Waals surface area (Å²) in [5.74, 6) is 0.136. The zero-order chi connectivity index (χ0) is 20.4. The summed E-state index contributed by atoms with van der Waals surface area (Å²) in [6, 6.07) is 18.0. The van der Waals surface area contributed by atoms with E-state index in [-0.39, 0.29) is 23.2 Å². The van der Waals surface area contributed by atoms with Crippen molar-refractivity contribution >= 4 is 22.5 Å². The van der Waals surface area contributed by atoms with Gasteiger partial charge in [-0.15, -0.1) is 0 Å². The van der Waals surface area contributed by atoms with E-state index in [1.165, 1.54) is 18.5 Å². The minimum atomic E-state index is -0.335. The first-order valence-electron chi connectivity index (χ1n) is 8.99. The first kappa shape index (κ1) is 18.3. The van der Waals surface area contributed by atoms with Gasteiger partial charge in [0.1, 0.15) is 35.4 Å². The molecule has 0 fully saturated rings. The van der Waals surface area contributed by atoms with Gasteiger partial charge in [0.25, 0.3) is 0 Å². The maximum absolute atomic E-state index is 13.7. The van der Waals surface area contributed by atoms with Crippen LogP contribution in [0.4, 0.5) is 16.0 Å². The van der Waals surface area contributed by atoms with Crippen molar-refractivity contribution in [2.45, 2.75) is 13.0 Å². The molecule has 2 aromatic carbocycles. The number of anilines is 2. The largest absolute Gasteiger partial charge is 0.382 e. The van der Waals surface area contributed by atoms with Gasteiger partial charge in [0.2, 0.25) is 0 Å². The Kier molecular flexibility index (Phi) is 4.75. The number of aromatic nitrogens is 3. The lowest BCUT2D eigenvalue weighted by Gasteiger charge is -2.20. The molecule has 6 nitrogen and oxygen atoms in total. The lowest BCUT2D eigenvalue weighted by atomic mass is 9.98. The predicted molar refractivity (Wildman–Crippen MR) is 110 cm³/mol. The van der Waals surface area contributed by atoms with E-state index in [1.54, 1.807) is 6.07 Å². The van der Waals surface area contributed by atoms with Crippen molar-refractivity contribution in [3.63, 3.8) is 0 Å². The second-order valence-electron chi connectivity index (χ2n) is 6.59. The summed E-state index contributed by atoms with van der Waals surface area (Å²) in [7, 11) is 0. The molecule has 3 N–H and O–H groups in total. The number of nitrogens with two attached hydrogens (primary N) is 1. The maximum atomic E-state index is 13.7. The third-order valence-corrected chi connectivity index (χ3v) is 4.66. The first-order chi connectivity index (χ1) is 14.1. The van der Waals surface area contributed by atoms with E-state index < -0.39 is 0 Å². The van der Waals surface area contributed by atoms with E-state index in [9.17, 15) is 9.65 Å². The Morgan fingerprint density at radius 2 is 1.90 bits per heavy atom. The fourth-order valence-electron chi connectivity index (χ4n) is 3.22. The average molecular weight is 384 g/mol. The van der Waals surface area contributed by atoms with Crippen molar-refractivity contribution in [2.75, 3.05) is 11.1 Å². The van der Waals surface area contributed by atoms with Crippen LogP contribution in [-0.4, -0.2) is 15.0 Å². The van der Waals surface area contributed by atoms with E-state index >= 15 is 0 Å². The predicted octanol–water partition coefficient (Wildman–Crippen LogP) is 4.46. The highest BCUT2D eigenvalue weighted by atomic mass is 19.1. The average Bonchev–Trinajstić information content (AvgIpc) is 2.73. The maximum Gasteiger partial charge on any atom is 0.150 e. The molecule has 0 saturated heterocycles. The molecule has 2 aromatic heterocycles. The molecular formula is C22H17FN6. The molecule has 7 heteroatoms. The van der Waals surface area contributed by atoms with Gasteiger partial charge in [-0.3, -0.25) is 0 Å². The zero-order valence-electron chi connectivity index (χ0n) is 15.6. The number of nitrogens with one attached hydrogen (secondary N) is 1. The van der Waals surface area contributed by atoms with Crippen LogP contribution in [-0.2, 0) is 0 Å². The summed E-state index contributed by atoms with van der Waals surface area (Å²) < 4.78 is 13.7. The van der Waals surface area contributed by atoms with Crippen LogP contribution >= 0.6 is 0 Å². The molecule has 0 spiro atoms. The van der Waals surface area contributed by atoms with Crippen LogP contribution in [0.5, 0.6) is 0 Å². The van der Waals surface area contributed by atoms with Crippen molar-refractivity contribution in [1.29, 1.82) is 5.26 Å². The molecule has 4 aromatic rings. The molecule has 0 unspecified atom stereocenters. The number of nitrogens with zero attached hydrogens (tertiary/aromatic N) is 4. The molecule has 0 bridgehead atoms. The summed E-state index contributed by atoms with van der Waals surface area (Å²) in [6.07, 6.45) is 1.31. The van der Waals surface area contributed by atoms with E-state index in [2.05, 4.69) is 15.3 Å². The quantitative estimate of drug-likeness (QED) is 0.539. The third kappa shape index (κ3) is 3.56. The fraction of sp³-hybridized carbons (Fsp3) is 0.0909. The Morgan fingerprint density at radius 3 is 2.66 bits per heavy atom. The second kappa shape index (κ2) is 7.52. The van der Waals surface area contributed by atoms with Crippen molar-refractivity contribution in [3.8, 4) is 17.3 Å². The van der Waals surface area contributed by atoms with E-state index in [0.717, 1.165) is 22.2 Å². The molecule has 142 valence electrons. The Morgan fingerprint density at radius 1 is 1.10 bits per heavy atom. The molecule has 0 saturated carbocycles. The van der Waals surface area contributed by atoms with Gasteiger partial charge in [0.05, 0.1) is 17.3 Å². The van der Waals surface area contributed by atoms with Crippen LogP contribution in [0.15, 0.2) is 60.9 Å². The molecule has 0 aliphatic heterocycles. The van der Waals surface area contributed by atoms with Gasteiger partial charge in [-0.2, -0.15) is 5.26 Å². The van der Waals surface area contributed by atoms with E-state index in [4.69, 9.17) is 10.7 Å². The fourth-order valence-corrected chi connectivity index (χ4v) is 3.22. The number of nitrogen functional groups attached to an aromatic ring is 1. The van der Waals surface area contributed by atoms with Gasteiger partial charge in [0.15, 0.2) is 0 Å². The molecule has 1 atom stereocenters. The van der Waals surface area contributed by atoms with E-state index in [1.807, 2.05) is 49.4 Å². The van der Waals surface area contributed by atoms with Gasteiger partial charge >= 0.3 is 0 Å². The summed E-state index contributed by atoms with van der Waals surface area (Å²) in [6.45, 7) is 1.94. The topological polar surface area (TPSA) is 101 Å². The third-order valence-electron chi connectivity index (χ3n) is 4.66. The lowest BCUT2D eigenvalue weighted by molar-refractivity contribution is 0.629. The number of benzene rings is 2. The summed E-state index contributed by atoms with van der Waals surface area (Å²) in [5.41, 5.74) is 9.08. The van der Waals surface area contributed by atoms with Crippen molar-refractivity contribution < 1.29 is 4.39 Å². The van der Waals surface area contributed by atoms with Crippen molar-refractivity contribution in [2.24, 2.45) is 0 Å². The number of hydrogen-bond acceptors (Lipinski definition) is 6. The first-order valence-corrected chi connectivity index (χ1v) is 8.99. The second-order valence-corrected chi connectivity index (χ2v) is 6.59. The van der Waals surface area contributed by atoms with Crippen molar-refractivity contribution in [3.05, 3.63) is 77.9 Å². The van der Waals surface area contributed by atoms with Gasteiger partial charge in [-0.25, -0.2) is 19.3 Å². The van der Waals surface area contributed by atoms with Crippen LogP contribution in [0, 0.1) is 17.1 Å². The normalized spacial score (nSPS) is 11.8. The Balaban J connectivity index is 1.85. The van der Waals surface area contributed by atoms with Crippen molar-refractivity contribution in [1.82, 2.24) is 15.0 Å². The minimum absolute atomic E-state index is 0.118. The van der Waals surface area contributed by atoms with Crippen LogP contribution in [0.3, 0.4) is 0 Å². The Labute approximate surface area is 166 Å². The number of hydrogen-bond donors (Lipinski definition) is 2. The minimum Gasteiger partial charge on any atom is -0.382 e. The number of rotatable bonds is 4. The Hall–Kier alpha value is -4.05. The highest BCUT2D eigenvalue weighted by Crippen LogP contribution is 2.32. The molecule has 0 amide bonds. The summed E-state index contributed by atoms with van der Waals surface area (Å²) >= 11 is 0. The summed E-state index contributed by atoms with van der Waals surface area (Å²) in [4.78, 5) is 12.7. The Bertz CT molecular complexity index is 1230. The summed E-state index contributed by atoms with van der Waals surface area (Å²) in [5, 5.41) is 13.4. The molecule has 0 aliphatic carbocycles. The van der Waals surface area contributed by atoms with Gasteiger partial charge in [-0.1, -0.05) is 30.3 Å². The lowest BCUT2D eigenvalue weighted by Crippen LogP contribution is -2.13. The highest BCUT2D eigenvalue weighted by molar-refractivity contribution is 5.84. The standard InChI is InChI=1S/C22H17FN6/c1-13(28-22-18(11-24)21(25)26-12-27-22)17-9-15-7-8-16(23)10-19(15)29-20(17)14-5-3-2-4-6-14/h2-10,12-13H,1H3,(H3,25,26,27,28)/t13-/m0/s1. The SMILES string of the molecule is C[C@H](Nc1ncnc(N)c1C#N)c1cc2ccc(F)cc2nc1-c1ccccc1. The number of halogens is 1. The molecule has 2 heterocycles. The molecule has 0 aliphatic rings. The zero-order valence-corrected chi connectivity index (χ0v) is 15.6. The van der Waals surface area contributed by atoms with Crippen LogP contribution in [0.2, 0.25) is 0 Å². The van der Waals surface area contributed by atoms with Crippen LogP contribution in [0.25, 0.3) is 22.2 Å². The highest BCUT2D eigenvalue weighted by Gasteiger charge is 2.18. The monoisotopic (exact) mass is 384 g/mol. The van der Waals surface area contributed by atoms with Crippen LogP contribution < -0.4 is 11.1 Å². The molecular weight excluding hydrogens is 367 g/mol. The van der Waals surface area contributed by atoms with Gasteiger partial charge in [-0.05, 0) is 25.1 Å². The van der Waals surface area contributed by atoms with Gasteiger partial charge < -0.3 is 11.1 Å². The number of fused-ring (bicyclic) bond motifs is 1. The number of pyridine rings is 1. The molecule has 0 radical (unpaired) electrons. The smallest absolute Gasteiger partial charge is 0.150 e. The molecule has 4 rings (SSSR count). The molecule has 29 heavy (non-hydrogen) atoms. The van der Waals surface area contributed by atoms with E-state index in [0.29, 0.717) is 11.3 Å². The number of nitriles is 1.